The summed E-state index contributed by atoms with van der Waals surface area (Å²) in [5.74, 6) is -1.25. The van der Waals surface area contributed by atoms with E-state index in [1.54, 1.807) is 28.0 Å². The van der Waals surface area contributed by atoms with E-state index in [-0.39, 0.29) is 49.5 Å². The normalized spacial score (nSPS) is 16.6. The predicted octanol–water partition coefficient (Wildman–Crippen LogP) is 4.52. The second-order valence-electron chi connectivity index (χ2n) is 11.3. The van der Waals surface area contributed by atoms with Crippen LogP contribution >= 0.6 is 0 Å². The Morgan fingerprint density at radius 1 is 1.12 bits per heavy atom. The lowest BCUT2D eigenvalue weighted by Crippen LogP contribution is -2.47. The molecule has 1 atom stereocenters. The van der Waals surface area contributed by atoms with Crippen molar-refractivity contribution in [1.82, 2.24) is 20.5 Å². The molecule has 0 spiro atoms. The number of anilines is 1. The summed E-state index contributed by atoms with van der Waals surface area (Å²) in [6.45, 7) is 3.49. The van der Waals surface area contributed by atoms with Crippen LogP contribution in [0.4, 0.5) is 19.0 Å². The molecule has 1 unspecified atom stereocenters. The highest BCUT2D eigenvalue weighted by atomic mass is 19.1. The number of nitrogens with zero attached hydrogens (tertiary/aromatic N) is 3. The zero-order valence-electron chi connectivity index (χ0n) is 23.9. The fourth-order valence-corrected chi connectivity index (χ4v) is 5.71. The summed E-state index contributed by atoms with van der Waals surface area (Å²) in [6.07, 6.45) is 2.86. The van der Waals surface area contributed by atoms with E-state index in [1.165, 1.54) is 24.4 Å². The molecule has 2 aromatic carbocycles. The Morgan fingerprint density at radius 3 is 2.63 bits per heavy atom. The van der Waals surface area contributed by atoms with Gasteiger partial charge in [-0.15, -0.1) is 0 Å². The van der Waals surface area contributed by atoms with E-state index in [0.29, 0.717) is 55.7 Å². The molecule has 3 aromatic rings. The van der Waals surface area contributed by atoms with Crippen molar-refractivity contribution in [2.24, 2.45) is 0 Å². The number of nitrogens with one attached hydrogen (secondary N) is 2. The number of halogens is 3. The highest BCUT2D eigenvalue weighted by Gasteiger charge is 2.35. The first-order chi connectivity index (χ1) is 20.7. The number of benzene rings is 2. The summed E-state index contributed by atoms with van der Waals surface area (Å²) in [4.78, 5) is 42.6. The third kappa shape index (κ3) is 7.05. The number of pyridine rings is 1. The highest BCUT2D eigenvalue weighted by molar-refractivity contribution is 5.98. The molecule has 0 saturated carbocycles. The number of rotatable bonds is 11. The Kier molecular flexibility index (Phi) is 9.10. The van der Waals surface area contributed by atoms with Crippen LogP contribution in [0.3, 0.4) is 0 Å². The molecule has 0 bridgehead atoms. The van der Waals surface area contributed by atoms with E-state index >= 15 is 4.39 Å². The number of piperidine rings is 1. The molecule has 0 radical (unpaired) electrons. The lowest BCUT2D eigenvalue weighted by molar-refractivity contribution is -0.125. The molecule has 5 rings (SSSR count). The zero-order chi connectivity index (χ0) is 30.6. The van der Waals surface area contributed by atoms with E-state index in [9.17, 15) is 23.2 Å². The molecule has 226 valence electrons. The molecule has 1 aromatic heterocycles. The van der Waals surface area contributed by atoms with Crippen LogP contribution in [-0.2, 0) is 22.7 Å². The first kappa shape index (κ1) is 30.2. The van der Waals surface area contributed by atoms with Gasteiger partial charge in [0.25, 0.3) is 5.91 Å². The summed E-state index contributed by atoms with van der Waals surface area (Å²) < 4.78 is 44.1. The molecular weight excluding hydrogens is 559 g/mol. The summed E-state index contributed by atoms with van der Waals surface area (Å²) in [7, 11) is 0. The van der Waals surface area contributed by atoms with Gasteiger partial charge < -0.3 is 15.1 Å². The maximum absolute atomic E-state index is 15.6. The summed E-state index contributed by atoms with van der Waals surface area (Å²) in [6, 6.07) is 12.6. The maximum Gasteiger partial charge on any atom is 0.254 e. The summed E-state index contributed by atoms with van der Waals surface area (Å²) in [5.41, 5.74) is 1.98. The molecule has 11 heteroatoms. The Bertz CT molecular complexity index is 1510. The van der Waals surface area contributed by atoms with Crippen molar-refractivity contribution in [3.8, 4) is 11.1 Å². The summed E-state index contributed by atoms with van der Waals surface area (Å²) >= 11 is 0. The van der Waals surface area contributed by atoms with Gasteiger partial charge in [0, 0.05) is 75.4 Å². The van der Waals surface area contributed by atoms with Crippen LogP contribution < -0.4 is 15.5 Å². The molecule has 2 aliphatic rings. The van der Waals surface area contributed by atoms with E-state index in [4.69, 9.17) is 0 Å². The number of aromatic nitrogens is 1. The van der Waals surface area contributed by atoms with E-state index < -0.39 is 17.3 Å². The second-order valence-corrected chi connectivity index (χ2v) is 11.3. The molecule has 43 heavy (non-hydrogen) atoms. The van der Waals surface area contributed by atoms with Gasteiger partial charge in [-0.2, -0.15) is 0 Å². The molecular formula is C32H34F3N5O3. The van der Waals surface area contributed by atoms with Crippen molar-refractivity contribution < 1.29 is 27.6 Å². The average molecular weight is 594 g/mol. The number of hydrogen-bond acceptors (Lipinski definition) is 6. The van der Waals surface area contributed by atoms with Gasteiger partial charge in [-0.25, -0.2) is 18.2 Å². The fraction of sp³-hybridized carbons (Fsp3) is 0.375. The van der Waals surface area contributed by atoms with Gasteiger partial charge in [0.15, 0.2) is 11.6 Å². The van der Waals surface area contributed by atoms with Crippen molar-refractivity contribution in [3.63, 3.8) is 0 Å². The minimum absolute atomic E-state index is 0.0956. The third-order valence-electron chi connectivity index (χ3n) is 8.25. The molecule has 2 N–H and O–H groups in total. The van der Waals surface area contributed by atoms with Crippen LogP contribution in [-0.4, -0.2) is 59.5 Å². The Labute approximate surface area is 248 Å². The van der Waals surface area contributed by atoms with Crippen LogP contribution in [0.1, 0.15) is 54.1 Å². The number of imide groups is 1. The third-order valence-corrected chi connectivity index (χ3v) is 8.25. The lowest BCUT2D eigenvalue weighted by atomic mass is 9.93. The topological polar surface area (TPSA) is 94.6 Å². The number of hydrogen-bond donors (Lipinski definition) is 2. The number of carbonyl (C=O) groups excluding carboxylic acids is 3. The van der Waals surface area contributed by atoms with Crippen LogP contribution in [0.2, 0.25) is 0 Å². The SMILES string of the molecule is CC(CCC(=O)NC=O)N1Cc2cc(CNCC3(F)CCN(c4ncc(-c5cccc(F)c5)cc4F)CC3)ccc2C1=O. The van der Waals surface area contributed by atoms with E-state index in [1.807, 2.05) is 19.1 Å². The average Bonchev–Trinajstić information content (AvgIpc) is 3.32. The summed E-state index contributed by atoms with van der Waals surface area (Å²) in [5, 5.41) is 5.31. The van der Waals surface area contributed by atoms with Crippen molar-refractivity contribution in [2.75, 3.05) is 24.5 Å². The van der Waals surface area contributed by atoms with Crippen LogP contribution in [0.25, 0.3) is 11.1 Å². The zero-order valence-corrected chi connectivity index (χ0v) is 23.9. The molecule has 1 saturated heterocycles. The molecule has 1 fully saturated rings. The van der Waals surface area contributed by atoms with E-state index in [2.05, 4.69) is 15.6 Å². The second kappa shape index (κ2) is 12.9. The monoisotopic (exact) mass is 593 g/mol. The minimum atomic E-state index is -1.45. The van der Waals surface area contributed by atoms with Gasteiger partial charge >= 0.3 is 0 Å². The number of carbonyl (C=O) groups is 3. The van der Waals surface area contributed by atoms with Crippen molar-refractivity contribution in [3.05, 3.63) is 83.1 Å². The van der Waals surface area contributed by atoms with Gasteiger partial charge in [0.2, 0.25) is 12.3 Å². The standard InChI is InChI=1S/C32H34F3N5O3/c1-21(5-8-29(42)38-20-41)40-18-25-13-22(6-7-27(25)31(40)43)16-36-19-32(35)9-11-39(12-10-32)30-28(34)15-24(17-37-30)23-3-2-4-26(33)14-23/h2-4,6-7,13-15,17,20-21,36H,5,8-12,16,18-19H2,1H3,(H,38,41,42). The number of alkyl halides is 1. The fourth-order valence-electron chi connectivity index (χ4n) is 5.71. The van der Waals surface area contributed by atoms with Crippen LogP contribution in [0.5, 0.6) is 0 Å². The van der Waals surface area contributed by atoms with Crippen LogP contribution in [0.15, 0.2) is 54.7 Å². The van der Waals surface area contributed by atoms with Crippen molar-refractivity contribution >= 4 is 24.0 Å². The predicted molar refractivity (Wildman–Crippen MR) is 156 cm³/mol. The number of fused-ring (bicyclic) bond motifs is 1. The first-order valence-electron chi connectivity index (χ1n) is 14.4. The van der Waals surface area contributed by atoms with Gasteiger partial charge in [-0.3, -0.25) is 19.7 Å². The first-order valence-corrected chi connectivity index (χ1v) is 14.4. The Morgan fingerprint density at radius 2 is 1.91 bits per heavy atom. The Hall–Kier alpha value is -4.25. The number of amides is 3. The molecule has 0 aliphatic carbocycles. The van der Waals surface area contributed by atoms with Crippen LogP contribution in [0, 0.1) is 11.6 Å². The Balaban J connectivity index is 1.11. The molecule has 2 aliphatic heterocycles. The smallest absolute Gasteiger partial charge is 0.254 e. The quantitative estimate of drug-likeness (QED) is 0.318. The van der Waals surface area contributed by atoms with Gasteiger partial charge in [-0.05, 0) is 54.3 Å². The largest absolute Gasteiger partial charge is 0.354 e. The van der Waals surface area contributed by atoms with Gasteiger partial charge in [0.05, 0.1) is 0 Å². The van der Waals surface area contributed by atoms with Crippen molar-refractivity contribution in [1.29, 1.82) is 0 Å². The maximum atomic E-state index is 15.6. The highest BCUT2D eigenvalue weighted by Crippen LogP contribution is 2.32. The van der Waals surface area contributed by atoms with E-state index in [0.717, 1.165) is 11.1 Å². The molecule has 8 nitrogen and oxygen atoms in total. The lowest BCUT2D eigenvalue weighted by Gasteiger charge is -2.37. The molecule has 3 heterocycles. The van der Waals surface area contributed by atoms with Crippen molar-refractivity contribution in [2.45, 2.75) is 57.4 Å². The molecule has 3 amide bonds. The van der Waals surface area contributed by atoms with Gasteiger partial charge in [-0.1, -0.05) is 24.3 Å². The minimum Gasteiger partial charge on any atom is -0.354 e. The van der Waals surface area contributed by atoms with Gasteiger partial charge in [0.1, 0.15) is 11.5 Å².